The third-order valence-electron chi connectivity index (χ3n) is 4.25. The maximum absolute atomic E-state index is 12.7. The fourth-order valence-electron chi connectivity index (χ4n) is 3.14. The Morgan fingerprint density at radius 1 is 1.32 bits per heavy atom. The summed E-state index contributed by atoms with van der Waals surface area (Å²) in [6, 6.07) is 11.0. The molecule has 0 radical (unpaired) electrons. The minimum Gasteiger partial charge on any atom is -0.459 e. The zero-order valence-electron chi connectivity index (χ0n) is 12.1. The van der Waals surface area contributed by atoms with E-state index < -0.39 is 6.04 Å². The minimum atomic E-state index is -0.437. The number of aromatic nitrogens is 2. The van der Waals surface area contributed by atoms with Crippen LogP contribution in [-0.2, 0) is 16.6 Å². The summed E-state index contributed by atoms with van der Waals surface area (Å²) >= 11 is 0. The Labute approximate surface area is 127 Å². The van der Waals surface area contributed by atoms with Crippen LogP contribution in [0.4, 0.5) is 0 Å². The standard InChI is InChI=1S/C16H15N3O3/c1-18-13(8-12(17-18)10-5-3-2-4-6-10)15(20)19-9-11-7-14(19)16(21)22-11/h2-6,8,11,14H,7,9H2,1H3. The van der Waals surface area contributed by atoms with Gasteiger partial charge in [0.05, 0.1) is 12.2 Å². The number of likely N-dealkylation sites (tertiary alicyclic amines) is 1. The number of benzene rings is 1. The zero-order chi connectivity index (χ0) is 15.3. The van der Waals surface area contributed by atoms with Gasteiger partial charge in [-0.25, -0.2) is 4.79 Å². The first-order chi connectivity index (χ1) is 10.6. The van der Waals surface area contributed by atoms with Crippen molar-refractivity contribution in [3.63, 3.8) is 0 Å². The quantitative estimate of drug-likeness (QED) is 0.782. The van der Waals surface area contributed by atoms with E-state index >= 15 is 0 Å². The average Bonchev–Trinajstić information content (AvgIpc) is 3.20. The summed E-state index contributed by atoms with van der Waals surface area (Å²) in [6.07, 6.45) is 0.455. The molecule has 1 aromatic heterocycles. The number of amides is 1. The van der Waals surface area contributed by atoms with Gasteiger partial charge in [0.2, 0.25) is 0 Å². The second-order valence-electron chi connectivity index (χ2n) is 5.67. The smallest absolute Gasteiger partial charge is 0.329 e. The van der Waals surface area contributed by atoms with Crippen LogP contribution in [0.15, 0.2) is 36.4 Å². The molecule has 1 amide bonds. The normalized spacial score (nSPS) is 23.0. The van der Waals surface area contributed by atoms with Crippen LogP contribution >= 0.6 is 0 Å². The number of rotatable bonds is 2. The van der Waals surface area contributed by atoms with E-state index in [1.807, 2.05) is 30.3 Å². The average molecular weight is 297 g/mol. The van der Waals surface area contributed by atoms with Crippen molar-refractivity contribution >= 4 is 11.9 Å². The molecule has 2 aliphatic heterocycles. The van der Waals surface area contributed by atoms with Gasteiger partial charge in [0.1, 0.15) is 17.8 Å². The highest BCUT2D eigenvalue weighted by Gasteiger charge is 2.49. The highest BCUT2D eigenvalue weighted by atomic mass is 16.6. The number of ether oxygens (including phenoxy) is 1. The lowest BCUT2D eigenvalue weighted by Gasteiger charge is -2.25. The van der Waals surface area contributed by atoms with Crippen LogP contribution in [0.3, 0.4) is 0 Å². The molecular weight excluding hydrogens is 282 g/mol. The van der Waals surface area contributed by atoms with Gasteiger partial charge in [-0.2, -0.15) is 5.10 Å². The van der Waals surface area contributed by atoms with E-state index in [0.717, 1.165) is 11.3 Å². The first kappa shape index (κ1) is 13.1. The van der Waals surface area contributed by atoms with Crippen LogP contribution in [0.25, 0.3) is 11.3 Å². The number of carbonyl (C=O) groups is 2. The van der Waals surface area contributed by atoms with Crippen molar-refractivity contribution < 1.29 is 14.3 Å². The second-order valence-corrected chi connectivity index (χ2v) is 5.67. The van der Waals surface area contributed by atoms with Gasteiger partial charge in [-0.05, 0) is 6.07 Å². The van der Waals surface area contributed by atoms with E-state index in [1.54, 1.807) is 22.7 Å². The SMILES string of the molecule is Cn1nc(-c2ccccc2)cc1C(=O)N1CC2CC1C(=O)O2. The second kappa shape index (κ2) is 4.69. The predicted molar refractivity (Wildman–Crippen MR) is 78.0 cm³/mol. The Kier molecular flexibility index (Phi) is 2.79. The van der Waals surface area contributed by atoms with Gasteiger partial charge in [0.25, 0.3) is 5.91 Å². The Morgan fingerprint density at radius 2 is 2.09 bits per heavy atom. The lowest BCUT2D eigenvalue weighted by molar-refractivity contribution is -0.149. The number of hydrogen-bond acceptors (Lipinski definition) is 4. The summed E-state index contributed by atoms with van der Waals surface area (Å²) in [6.45, 7) is 0.473. The number of nitrogens with zero attached hydrogens (tertiary/aromatic N) is 3. The van der Waals surface area contributed by atoms with Crippen LogP contribution in [0.2, 0.25) is 0 Å². The van der Waals surface area contributed by atoms with E-state index in [0.29, 0.717) is 18.7 Å². The summed E-state index contributed by atoms with van der Waals surface area (Å²) in [5, 5.41) is 4.41. The molecular formula is C16H15N3O3. The zero-order valence-corrected chi connectivity index (χ0v) is 12.1. The number of fused-ring (bicyclic) bond motifs is 2. The molecule has 22 heavy (non-hydrogen) atoms. The van der Waals surface area contributed by atoms with E-state index in [2.05, 4.69) is 5.10 Å². The molecule has 0 N–H and O–H groups in total. The van der Waals surface area contributed by atoms with Gasteiger partial charge in [-0.1, -0.05) is 30.3 Å². The van der Waals surface area contributed by atoms with Crippen LogP contribution < -0.4 is 0 Å². The number of carbonyl (C=O) groups excluding carboxylic acids is 2. The summed E-state index contributed by atoms with van der Waals surface area (Å²) in [5.41, 5.74) is 2.19. The third kappa shape index (κ3) is 1.91. The van der Waals surface area contributed by atoms with E-state index in [4.69, 9.17) is 4.74 Å². The fourth-order valence-corrected chi connectivity index (χ4v) is 3.14. The summed E-state index contributed by atoms with van der Waals surface area (Å²) in [7, 11) is 1.74. The maximum atomic E-state index is 12.7. The Bertz CT molecular complexity index is 753. The predicted octanol–water partition coefficient (Wildman–Crippen LogP) is 1.23. The van der Waals surface area contributed by atoms with Gasteiger partial charge in [0.15, 0.2) is 0 Å². The van der Waals surface area contributed by atoms with Gasteiger partial charge in [0, 0.05) is 19.0 Å². The highest BCUT2D eigenvalue weighted by Crippen LogP contribution is 2.30. The van der Waals surface area contributed by atoms with Gasteiger partial charge >= 0.3 is 5.97 Å². The van der Waals surface area contributed by atoms with Gasteiger partial charge < -0.3 is 9.64 Å². The summed E-state index contributed by atoms with van der Waals surface area (Å²) < 4.78 is 6.70. The molecule has 2 saturated heterocycles. The molecule has 2 aromatic rings. The molecule has 2 fully saturated rings. The summed E-state index contributed by atoms with van der Waals surface area (Å²) in [4.78, 5) is 26.0. The monoisotopic (exact) mass is 297 g/mol. The van der Waals surface area contributed by atoms with Crippen molar-refractivity contribution in [2.45, 2.75) is 18.6 Å². The first-order valence-corrected chi connectivity index (χ1v) is 7.24. The number of aryl methyl sites for hydroxylation is 1. The highest BCUT2D eigenvalue weighted by molar-refractivity contribution is 5.97. The van der Waals surface area contributed by atoms with Crippen molar-refractivity contribution in [3.05, 3.63) is 42.1 Å². The van der Waals surface area contributed by atoms with Crippen molar-refractivity contribution in [2.75, 3.05) is 6.54 Å². The van der Waals surface area contributed by atoms with E-state index in [9.17, 15) is 9.59 Å². The molecule has 3 heterocycles. The molecule has 4 rings (SSSR count). The van der Waals surface area contributed by atoms with E-state index in [-0.39, 0.29) is 18.0 Å². The lowest BCUT2D eigenvalue weighted by Crippen LogP contribution is -2.44. The number of esters is 1. The third-order valence-corrected chi connectivity index (χ3v) is 4.25. The Hall–Kier alpha value is -2.63. The fraction of sp³-hybridized carbons (Fsp3) is 0.312. The molecule has 2 atom stereocenters. The molecule has 2 aliphatic rings. The van der Waals surface area contributed by atoms with Crippen LogP contribution in [0, 0.1) is 0 Å². The molecule has 6 heteroatoms. The molecule has 112 valence electrons. The Morgan fingerprint density at radius 3 is 2.77 bits per heavy atom. The Balaban J connectivity index is 1.65. The van der Waals surface area contributed by atoms with Crippen molar-refractivity contribution in [1.82, 2.24) is 14.7 Å². The largest absolute Gasteiger partial charge is 0.459 e. The molecule has 6 nitrogen and oxygen atoms in total. The van der Waals surface area contributed by atoms with Gasteiger partial charge in [-0.15, -0.1) is 0 Å². The van der Waals surface area contributed by atoms with Crippen molar-refractivity contribution in [3.8, 4) is 11.3 Å². The molecule has 0 saturated carbocycles. The topological polar surface area (TPSA) is 64.4 Å². The number of hydrogen-bond donors (Lipinski definition) is 0. The van der Waals surface area contributed by atoms with Crippen molar-refractivity contribution in [2.24, 2.45) is 7.05 Å². The summed E-state index contributed by atoms with van der Waals surface area (Å²) in [5.74, 6) is -0.462. The van der Waals surface area contributed by atoms with Crippen LogP contribution in [0.5, 0.6) is 0 Å². The van der Waals surface area contributed by atoms with E-state index in [1.165, 1.54) is 0 Å². The lowest BCUT2D eigenvalue weighted by atomic mass is 10.1. The van der Waals surface area contributed by atoms with Crippen molar-refractivity contribution in [1.29, 1.82) is 0 Å². The molecule has 2 bridgehead atoms. The molecule has 2 unspecified atom stereocenters. The number of morpholine rings is 1. The first-order valence-electron chi connectivity index (χ1n) is 7.24. The minimum absolute atomic E-state index is 0.150. The molecule has 1 aromatic carbocycles. The van der Waals surface area contributed by atoms with Crippen LogP contribution in [0.1, 0.15) is 16.9 Å². The molecule has 0 aliphatic carbocycles. The van der Waals surface area contributed by atoms with Gasteiger partial charge in [-0.3, -0.25) is 9.48 Å². The molecule has 0 spiro atoms. The maximum Gasteiger partial charge on any atom is 0.329 e. The van der Waals surface area contributed by atoms with Crippen LogP contribution in [-0.4, -0.2) is 45.2 Å².